The second-order valence-electron chi connectivity index (χ2n) is 5.97. The van der Waals surface area contributed by atoms with E-state index in [1.165, 1.54) is 18.4 Å². The van der Waals surface area contributed by atoms with Crippen molar-refractivity contribution in [3.05, 3.63) is 43.7 Å². The van der Waals surface area contributed by atoms with Gasteiger partial charge in [-0.2, -0.15) is 0 Å². The molecule has 0 fully saturated rings. The highest BCUT2D eigenvalue weighted by Crippen LogP contribution is 2.38. The maximum Gasteiger partial charge on any atom is 0.341 e. The summed E-state index contributed by atoms with van der Waals surface area (Å²) in [6, 6.07) is 5.50. The Kier molecular flexibility index (Phi) is 6.55. The maximum absolute atomic E-state index is 12.4. The highest BCUT2D eigenvalue weighted by molar-refractivity contribution is 9.10. The molecule has 4 nitrogen and oxygen atoms in total. The predicted octanol–water partition coefficient (Wildman–Crippen LogP) is 6.03. The van der Waals surface area contributed by atoms with Crippen LogP contribution in [0, 0.1) is 0 Å². The van der Waals surface area contributed by atoms with Gasteiger partial charge in [0.15, 0.2) is 5.11 Å². The minimum atomic E-state index is -0.318. The van der Waals surface area contributed by atoms with Gasteiger partial charge in [0.1, 0.15) is 5.00 Å². The minimum Gasteiger partial charge on any atom is -0.465 e. The molecule has 0 unspecified atom stereocenters. The molecule has 0 saturated heterocycles. The number of halogens is 2. The smallest absolute Gasteiger partial charge is 0.341 e. The van der Waals surface area contributed by atoms with Crippen molar-refractivity contribution in [1.82, 2.24) is 0 Å². The molecule has 1 aromatic heterocycles. The summed E-state index contributed by atoms with van der Waals surface area (Å²) in [6.45, 7) is 0. The molecule has 1 aliphatic rings. The Labute approximate surface area is 175 Å². The predicted molar refractivity (Wildman–Crippen MR) is 116 cm³/mol. The van der Waals surface area contributed by atoms with Gasteiger partial charge in [-0.15, -0.1) is 11.3 Å². The van der Waals surface area contributed by atoms with E-state index in [0.29, 0.717) is 15.7 Å². The van der Waals surface area contributed by atoms with E-state index in [1.54, 1.807) is 17.4 Å². The number of anilines is 2. The van der Waals surface area contributed by atoms with E-state index in [2.05, 4.69) is 26.6 Å². The largest absolute Gasteiger partial charge is 0.465 e. The molecule has 2 aromatic rings. The standard InChI is InChI=1S/C18H18BrClN2O2S2/c1-24-17(23)15-11-5-3-2-4-6-14(11)26-16(15)22-18(25)21-10-7-8-12(19)13(20)9-10/h7-9H,2-6H2,1H3,(H2,21,22,25). The first-order valence-electron chi connectivity index (χ1n) is 8.25. The molecule has 0 saturated carbocycles. The molecule has 8 heteroatoms. The van der Waals surface area contributed by atoms with Gasteiger partial charge in [-0.25, -0.2) is 4.79 Å². The number of nitrogens with one attached hydrogen (secondary N) is 2. The van der Waals surface area contributed by atoms with Crippen LogP contribution >= 0.6 is 51.1 Å². The molecule has 1 aromatic carbocycles. The molecule has 0 atom stereocenters. The number of hydrogen-bond acceptors (Lipinski definition) is 4. The number of fused-ring (bicyclic) bond motifs is 1. The average Bonchev–Trinajstić information content (AvgIpc) is 2.78. The van der Waals surface area contributed by atoms with Gasteiger partial charge in [0.25, 0.3) is 0 Å². The number of esters is 1. The van der Waals surface area contributed by atoms with Crippen LogP contribution in [0.2, 0.25) is 5.02 Å². The molecular weight excluding hydrogens is 456 g/mol. The molecule has 0 aliphatic heterocycles. The molecular formula is C18H18BrClN2O2S2. The molecule has 0 bridgehead atoms. The Bertz CT molecular complexity index is 854. The fourth-order valence-electron chi connectivity index (χ4n) is 2.99. The third-order valence-corrected chi connectivity index (χ3v) is 6.86. The molecule has 0 spiro atoms. The third-order valence-electron chi connectivity index (χ3n) is 4.22. The highest BCUT2D eigenvalue weighted by atomic mass is 79.9. The van der Waals surface area contributed by atoms with Crippen molar-refractivity contribution in [3.8, 4) is 0 Å². The van der Waals surface area contributed by atoms with Gasteiger partial charge in [-0.3, -0.25) is 0 Å². The summed E-state index contributed by atoms with van der Waals surface area (Å²) in [5.41, 5.74) is 2.50. The normalized spacial score (nSPS) is 13.5. The molecule has 3 rings (SSSR count). The second kappa shape index (κ2) is 8.69. The summed E-state index contributed by atoms with van der Waals surface area (Å²) in [5.74, 6) is -0.318. The van der Waals surface area contributed by atoms with Gasteiger partial charge in [-0.1, -0.05) is 18.0 Å². The zero-order valence-corrected chi connectivity index (χ0v) is 18.1. The second-order valence-corrected chi connectivity index (χ2v) is 8.74. The van der Waals surface area contributed by atoms with Crippen LogP contribution in [0.15, 0.2) is 22.7 Å². The first kappa shape index (κ1) is 19.6. The molecule has 1 aliphatic carbocycles. The van der Waals surface area contributed by atoms with Crippen LogP contribution in [-0.2, 0) is 17.6 Å². The summed E-state index contributed by atoms with van der Waals surface area (Å²) in [7, 11) is 1.41. The third kappa shape index (κ3) is 4.39. The lowest BCUT2D eigenvalue weighted by Gasteiger charge is -2.12. The summed E-state index contributed by atoms with van der Waals surface area (Å²) in [6.07, 6.45) is 5.32. The number of carbonyl (C=O) groups is 1. The average molecular weight is 474 g/mol. The van der Waals surface area contributed by atoms with Crippen molar-refractivity contribution in [3.63, 3.8) is 0 Å². The van der Waals surface area contributed by atoms with Crippen molar-refractivity contribution in [2.75, 3.05) is 17.7 Å². The van der Waals surface area contributed by atoms with Crippen LogP contribution in [0.25, 0.3) is 0 Å². The van der Waals surface area contributed by atoms with Gasteiger partial charge in [0, 0.05) is 15.0 Å². The van der Waals surface area contributed by atoms with Gasteiger partial charge < -0.3 is 15.4 Å². The van der Waals surface area contributed by atoms with Crippen molar-refractivity contribution < 1.29 is 9.53 Å². The Hall–Kier alpha value is -1.15. The van der Waals surface area contributed by atoms with Crippen LogP contribution in [0.4, 0.5) is 10.7 Å². The Morgan fingerprint density at radius 2 is 2.04 bits per heavy atom. The number of thiophene rings is 1. The lowest BCUT2D eigenvalue weighted by atomic mass is 10.1. The summed E-state index contributed by atoms with van der Waals surface area (Å²) in [4.78, 5) is 13.6. The Morgan fingerprint density at radius 1 is 1.27 bits per heavy atom. The summed E-state index contributed by atoms with van der Waals surface area (Å²) in [5, 5.41) is 8.02. The van der Waals surface area contributed by atoms with Gasteiger partial charge in [0.2, 0.25) is 0 Å². The highest BCUT2D eigenvalue weighted by Gasteiger charge is 2.25. The quantitative estimate of drug-likeness (QED) is 0.324. The zero-order chi connectivity index (χ0) is 18.7. The fourth-order valence-corrected chi connectivity index (χ4v) is 4.98. The molecule has 0 amide bonds. The van der Waals surface area contributed by atoms with E-state index in [1.807, 2.05) is 12.1 Å². The summed E-state index contributed by atoms with van der Waals surface area (Å²) < 4.78 is 5.83. The van der Waals surface area contributed by atoms with E-state index < -0.39 is 0 Å². The molecule has 2 N–H and O–H groups in total. The lowest BCUT2D eigenvalue weighted by Crippen LogP contribution is -2.20. The number of thiocarbonyl (C=S) groups is 1. The number of ether oxygens (including phenoxy) is 1. The fraction of sp³-hybridized carbons (Fsp3) is 0.333. The zero-order valence-electron chi connectivity index (χ0n) is 14.2. The van der Waals surface area contributed by atoms with Crippen molar-refractivity contribution >= 4 is 72.9 Å². The summed E-state index contributed by atoms with van der Waals surface area (Å²) >= 11 is 16.5. The number of aryl methyl sites for hydroxylation is 1. The van der Waals surface area contributed by atoms with Crippen LogP contribution in [0.3, 0.4) is 0 Å². The van der Waals surface area contributed by atoms with Gasteiger partial charge in [-0.05, 0) is 77.6 Å². The van der Waals surface area contributed by atoms with Crippen LogP contribution < -0.4 is 10.6 Å². The Balaban J connectivity index is 1.83. The molecule has 138 valence electrons. The number of methoxy groups -OCH3 is 1. The first-order chi connectivity index (χ1) is 12.5. The lowest BCUT2D eigenvalue weighted by molar-refractivity contribution is 0.0601. The van der Waals surface area contributed by atoms with E-state index in [9.17, 15) is 4.79 Å². The first-order valence-corrected chi connectivity index (χ1v) is 10.6. The van der Waals surface area contributed by atoms with Crippen molar-refractivity contribution in [2.24, 2.45) is 0 Å². The van der Waals surface area contributed by atoms with Crippen molar-refractivity contribution in [2.45, 2.75) is 32.1 Å². The molecule has 26 heavy (non-hydrogen) atoms. The number of carbonyl (C=O) groups excluding carboxylic acids is 1. The SMILES string of the molecule is COC(=O)c1c(NC(=S)Nc2ccc(Br)c(Cl)c2)sc2c1CCCCC2. The maximum atomic E-state index is 12.4. The number of hydrogen-bond donors (Lipinski definition) is 2. The van der Waals surface area contributed by atoms with Crippen LogP contribution in [-0.4, -0.2) is 18.2 Å². The Morgan fingerprint density at radius 3 is 2.77 bits per heavy atom. The minimum absolute atomic E-state index is 0.318. The van der Waals surface area contributed by atoms with E-state index in [-0.39, 0.29) is 5.97 Å². The van der Waals surface area contributed by atoms with Gasteiger partial charge >= 0.3 is 5.97 Å². The van der Waals surface area contributed by atoms with Gasteiger partial charge in [0.05, 0.1) is 17.7 Å². The number of benzene rings is 1. The van der Waals surface area contributed by atoms with Crippen molar-refractivity contribution in [1.29, 1.82) is 0 Å². The number of rotatable bonds is 3. The van der Waals surface area contributed by atoms with E-state index >= 15 is 0 Å². The topological polar surface area (TPSA) is 50.4 Å². The molecule has 0 radical (unpaired) electrons. The van der Waals surface area contributed by atoms with Crippen LogP contribution in [0.1, 0.15) is 40.1 Å². The molecule has 1 heterocycles. The van der Waals surface area contributed by atoms with Crippen LogP contribution in [0.5, 0.6) is 0 Å². The van der Waals surface area contributed by atoms with E-state index in [0.717, 1.165) is 46.4 Å². The van der Waals surface area contributed by atoms with E-state index in [4.69, 9.17) is 28.6 Å². The monoisotopic (exact) mass is 472 g/mol.